The van der Waals surface area contributed by atoms with Crippen molar-refractivity contribution in [1.82, 2.24) is 5.06 Å². The number of hydrogen-bond donors (Lipinski definition) is 0. The van der Waals surface area contributed by atoms with Crippen LogP contribution in [0.2, 0.25) is 0 Å². The van der Waals surface area contributed by atoms with Gasteiger partial charge in [-0.1, -0.05) is 38.3 Å². The van der Waals surface area contributed by atoms with Crippen LogP contribution in [0.5, 0.6) is 0 Å². The van der Waals surface area contributed by atoms with E-state index in [9.17, 15) is 18.0 Å². The first-order valence-electron chi connectivity index (χ1n) is 9.01. The lowest BCUT2D eigenvalue weighted by Gasteiger charge is -2.15. The van der Waals surface area contributed by atoms with Gasteiger partial charge in [-0.25, -0.2) is 0 Å². The molecule has 0 aromatic heterocycles. The largest absolute Gasteiger partial charge is 0.289 e. The Kier molecular flexibility index (Phi) is 5.90. The van der Waals surface area contributed by atoms with Crippen molar-refractivity contribution < 1.29 is 22.3 Å². The molecule has 2 bridgehead atoms. The number of rotatable bonds is 10. The van der Waals surface area contributed by atoms with Crippen molar-refractivity contribution in [2.45, 2.75) is 39.0 Å². The third-order valence-electron chi connectivity index (χ3n) is 5.24. The van der Waals surface area contributed by atoms with Gasteiger partial charge in [0.1, 0.15) is 0 Å². The Hall–Kier alpha value is -0.860. The summed E-state index contributed by atoms with van der Waals surface area (Å²) < 4.78 is 29.1. The molecule has 2 amide bonds. The third-order valence-corrected chi connectivity index (χ3v) is 7.65. The van der Waals surface area contributed by atoms with E-state index in [0.717, 1.165) is 25.0 Å². The van der Waals surface area contributed by atoms with Crippen LogP contribution in [-0.4, -0.2) is 42.6 Å². The first-order valence-corrected chi connectivity index (χ1v) is 11.7. The molecule has 0 N–H and O–H groups in total. The molecule has 1 aliphatic heterocycles. The van der Waals surface area contributed by atoms with Crippen LogP contribution in [0.1, 0.15) is 39.0 Å². The molecule has 140 valence electrons. The van der Waals surface area contributed by atoms with E-state index < -0.39 is 33.8 Å². The number of imide groups is 1. The lowest BCUT2D eigenvalue weighted by molar-refractivity contribution is -0.166. The van der Waals surface area contributed by atoms with E-state index in [1.165, 1.54) is 12.8 Å². The SMILES string of the molecule is CCCCCCSCCS(=O)(=O)ON1C(=O)C2C3C=CC(C3)C2C1=O. The number of hydroxylamine groups is 2. The molecule has 0 aromatic rings. The second-order valence-electron chi connectivity index (χ2n) is 6.98. The number of carbonyl (C=O) groups excluding carboxylic acids is 2. The number of carbonyl (C=O) groups is 2. The Labute approximate surface area is 153 Å². The number of nitrogens with zero attached hydrogens (tertiary/aromatic N) is 1. The summed E-state index contributed by atoms with van der Waals surface area (Å²) >= 11 is 1.56. The lowest BCUT2D eigenvalue weighted by Crippen LogP contribution is -2.36. The zero-order valence-corrected chi connectivity index (χ0v) is 16.1. The highest BCUT2D eigenvalue weighted by atomic mass is 32.2. The van der Waals surface area contributed by atoms with Gasteiger partial charge in [0.25, 0.3) is 21.9 Å². The summed E-state index contributed by atoms with van der Waals surface area (Å²) in [6.07, 6.45) is 9.32. The van der Waals surface area contributed by atoms with E-state index in [-0.39, 0.29) is 17.6 Å². The van der Waals surface area contributed by atoms with Crippen molar-refractivity contribution >= 4 is 33.7 Å². The van der Waals surface area contributed by atoms with Gasteiger partial charge in [0.2, 0.25) is 0 Å². The van der Waals surface area contributed by atoms with Crippen LogP contribution in [0.4, 0.5) is 0 Å². The van der Waals surface area contributed by atoms with E-state index in [1.54, 1.807) is 11.8 Å². The van der Waals surface area contributed by atoms with Gasteiger partial charge < -0.3 is 0 Å². The fourth-order valence-corrected chi connectivity index (χ4v) is 6.34. The highest BCUT2D eigenvalue weighted by Gasteiger charge is 2.60. The van der Waals surface area contributed by atoms with Crippen LogP contribution < -0.4 is 0 Å². The van der Waals surface area contributed by atoms with Gasteiger partial charge >= 0.3 is 0 Å². The summed E-state index contributed by atoms with van der Waals surface area (Å²) in [7, 11) is -3.93. The van der Waals surface area contributed by atoms with Gasteiger partial charge in [0.05, 0.1) is 17.6 Å². The van der Waals surface area contributed by atoms with Gasteiger partial charge in [-0.3, -0.25) is 9.59 Å². The minimum atomic E-state index is -3.93. The van der Waals surface area contributed by atoms with Crippen molar-refractivity contribution in [3.8, 4) is 0 Å². The molecule has 25 heavy (non-hydrogen) atoms. The molecule has 0 radical (unpaired) electrons. The zero-order valence-electron chi connectivity index (χ0n) is 14.4. The van der Waals surface area contributed by atoms with Crippen LogP contribution in [0, 0.1) is 23.7 Å². The first-order chi connectivity index (χ1) is 11.9. The fourth-order valence-electron chi connectivity index (χ4n) is 3.99. The number of allylic oxidation sites excluding steroid dienone is 2. The van der Waals surface area contributed by atoms with Crippen molar-refractivity contribution in [1.29, 1.82) is 0 Å². The zero-order chi connectivity index (χ0) is 18.0. The molecule has 1 saturated heterocycles. The van der Waals surface area contributed by atoms with Gasteiger partial charge in [-0.15, -0.1) is 9.35 Å². The van der Waals surface area contributed by atoms with E-state index in [2.05, 4.69) is 6.92 Å². The normalized spacial score (nSPS) is 30.5. The molecule has 2 aliphatic carbocycles. The minimum absolute atomic E-state index is 0.0430. The molecule has 8 heteroatoms. The lowest BCUT2D eigenvalue weighted by atomic mass is 9.85. The predicted molar refractivity (Wildman–Crippen MR) is 95.9 cm³/mol. The van der Waals surface area contributed by atoms with E-state index in [4.69, 9.17) is 4.28 Å². The van der Waals surface area contributed by atoms with E-state index in [0.29, 0.717) is 10.8 Å². The molecule has 1 heterocycles. The van der Waals surface area contributed by atoms with Crippen molar-refractivity contribution in [2.24, 2.45) is 23.7 Å². The smallest absolute Gasteiger partial charge is 0.272 e. The average molecular weight is 388 g/mol. The highest BCUT2D eigenvalue weighted by molar-refractivity contribution is 8.00. The molecular formula is C17H25NO5S2. The van der Waals surface area contributed by atoms with Crippen LogP contribution >= 0.6 is 11.8 Å². The summed E-state index contributed by atoms with van der Waals surface area (Å²) in [6.45, 7) is 2.15. The molecule has 4 unspecified atom stereocenters. The number of thioether (sulfide) groups is 1. The Morgan fingerprint density at radius 3 is 2.32 bits per heavy atom. The minimum Gasteiger partial charge on any atom is -0.272 e. The van der Waals surface area contributed by atoms with Crippen molar-refractivity contribution in [3.05, 3.63) is 12.2 Å². The summed E-state index contributed by atoms with van der Waals surface area (Å²) in [5, 5.41) is 0.517. The number of amides is 2. The van der Waals surface area contributed by atoms with E-state index >= 15 is 0 Å². The van der Waals surface area contributed by atoms with Gasteiger partial charge in [-0.05, 0) is 30.4 Å². The molecule has 1 saturated carbocycles. The molecule has 6 nitrogen and oxygen atoms in total. The third kappa shape index (κ3) is 3.95. The number of hydrogen-bond acceptors (Lipinski definition) is 6. The number of unbranched alkanes of at least 4 members (excludes halogenated alkanes) is 3. The first kappa shape index (κ1) is 18.9. The maximum absolute atomic E-state index is 12.4. The topological polar surface area (TPSA) is 80.8 Å². The number of fused-ring (bicyclic) bond motifs is 5. The van der Waals surface area contributed by atoms with Crippen LogP contribution in [0.25, 0.3) is 0 Å². The summed E-state index contributed by atoms with van der Waals surface area (Å²) in [4.78, 5) is 24.8. The second-order valence-corrected chi connectivity index (χ2v) is 9.88. The second kappa shape index (κ2) is 7.80. The Balaban J connectivity index is 1.47. The quantitative estimate of drug-likeness (QED) is 0.325. The molecule has 2 fully saturated rings. The van der Waals surface area contributed by atoms with Crippen molar-refractivity contribution in [3.63, 3.8) is 0 Å². The van der Waals surface area contributed by atoms with E-state index in [1.807, 2.05) is 12.2 Å². The molecule has 3 rings (SSSR count). The van der Waals surface area contributed by atoms with Crippen molar-refractivity contribution in [2.75, 3.05) is 17.3 Å². The van der Waals surface area contributed by atoms with Gasteiger partial charge in [0, 0.05) is 5.75 Å². The monoisotopic (exact) mass is 387 g/mol. The molecule has 0 aromatic carbocycles. The fraction of sp³-hybridized carbons (Fsp3) is 0.765. The van der Waals surface area contributed by atoms with Crippen LogP contribution in [0.15, 0.2) is 12.2 Å². The molecule has 0 spiro atoms. The average Bonchev–Trinajstić information content (AvgIpc) is 3.24. The molecule has 4 atom stereocenters. The highest BCUT2D eigenvalue weighted by Crippen LogP contribution is 2.52. The summed E-state index contributed by atoms with van der Waals surface area (Å²) in [5.74, 6) is -0.659. The molecule has 3 aliphatic rings. The van der Waals surface area contributed by atoms with Crippen LogP contribution in [0.3, 0.4) is 0 Å². The maximum atomic E-state index is 12.4. The van der Waals surface area contributed by atoms with Crippen LogP contribution in [-0.2, 0) is 24.0 Å². The Bertz CT molecular complexity index is 630. The predicted octanol–water partition coefficient (Wildman–Crippen LogP) is 2.37. The maximum Gasteiger partial charge on any atom is 0.289 e. The Morgan fingerprint density at radius 1 is 1.08 bits per heavy atom. The Morgan fingerprint density at radius 2 is 1.72 bits per heavy atom. The standard InChI is InChI=1S/C17H25NO5S2/c1-2-3-4-5-8-24-9-10-25(21,22)23-18-16(19)14-12-6-7-13(11-12)15(14)17(18)20/h6-7,12-15H,2-5,8-11H2,1H3. The molecular weight excluding hydrogens is 362 g/mol. The summed E-state index contributed by atoms with van der Waals surface area (Å²) in [6, 6.07) is 0. The summed E-state index contributed by atoms with van der Waals surface area (Å²) in [5.41, 5.74) is 0. The van der Waals surface area contributed by atoms with Gasteiger partial charge in [0.15, 0.2) is 0 Å². The van der Waals surface area contributed by atoms with Gasteiger partial charge in [-0.2, -0.15) is 20.2 Å².